The number of rotatable bonds is 5. The van der Waals surface area contributed by atoms with Crippen LogP contribution in [-0.4, -0.2) is 28.9 Å². The van der Waals surface area contributed by atoms with Crippen LogP contribution in [0.2, 0.25) is 0 Å². The third-order valence-corrected chi connectivity index (χ3v) is 3.34. The van der Waals surface area contributed by atoms with Crippen LogP contribution >= 0.6 is 0 Å². The number of pyridine rings is 1. The van der Waals surface area contributed by atoms with Crippen LogP contribution in [0.5, 0.6) is 0 Å². The molecule has 1 atom stereocenters. The van der Waals surface area contributed by atoms with Gasteiger partial charge in [0.15, 0.2) is 0 Å². The molecule has 0 aliphatic carbocycles. The molecule has 2 rings (SSSR count). The summed E-state index contributed by atoms with van der Waals surface area (Å²) in [4.78, 5) is 18.3. The van der Waals surface area contributed by atoms with Gasteiger partial charge in [0.1, 0.15) is 0 Å². The van der Waals surface area contributed by atoms with Gasteiger partial charge in [0.2, 0.25) is 5.91 Å². The monoisotopic (exact) mass is 283 g/mol. The molecule has 1 aromatic heterocycles. The van der Waals surface area contributed by atoms with Gasteiger partial charge in [0.05, 0.1) is 18.3 Å². The van der Waals surface area contributed by atoms with E-state index in [4.69, 9.17) is 5.73 Å². The summed E-state index contributed by atoms with van der Waals surface area (Å²) in [5, 5.41) is 0. The Morgan fingerprint density at radius 2 is 1.90 bits per heavy atom. The first-order chi connectivity index (χ1) is 10.1. The Balaban J connectivity index is 1.95. The average molecular weight is 283 g/mol. The first-order valence-corrected chi connectivity index (χ1v) is 7.03. The van der Waals surface area contributed by atoms with Gasteiger partial charge in [-0.25, -0.2) is 0 Å². The Hall–Kier alpha value is -2.20. The fourth-order valence-electron chi connectivity index (χ4n) is 2.25. The summed E-state index contributed by atoms with van der Waals surface area (Å²) in [6.07, 6.45) is 0.547. The zero-order chi connectivity index (χ0) is 15.2. The van der Waals surface area contributed by atoms with E-state index < -0.39 is 6.04 Å². The average Bonchev–Trinajstić information content (AvgIpc) is 2.47. The molecule has 1 amide bonds. The van der Waals surface area contributed by atoms with E-state index in [1.54, 1.807) is 11.9 Å². The molecule has 0 aliphatic rings. The number of hydrogen-bond donors (Lipinski definition) is 1. The number of aryl methyl sites for hydroxylation is 1. The van der Waals surface area contributed by atoms with E-state index in [0.717, 1.165) is 17.0 Å². The molecule has 2 aromatic rings. The quantitative estimate of drug-likeness (QED) is 0.912. The fraction of sp³-hybridized carbons (Fsp3) is 0.294. The molecule has 0 saturated carbocycles. The van der Waals surface area contributed by atoms with Gasteiger partial charge in [-0.05, 0) is 31.0 Å². The van der Waals surface area contributed by atoms with Crippen LogP contribution in [0.3, 0.4) is 0 Å². The van der Waals surface area contributed by atoms with Crippen LogP contribution in [0.1, 0.15) is 17.0 Å². The first-order valence-electron chi connectivity index (χ1n) is 7.03. The Bertz CT molecular complexity index is 598. The molecule has 0 fully saturated rings. The van der Waals surface area contributed by atoms with Crippen LogP contribution in [-0.2, 0) is 17.8 Å². The predicted octanol–water partition coefficient (Wildman–Crippen LogP) is 1.92. The summed E-state index contributed by atoms with van der Waals surface area (Å²) in [6, 6.07) is 15.1. The first kappa shape index (κ1) is 15.2. The molecule has 4 nitrogen and oxygen atoms in total. The third kappa shape index (κ3) is 4.39. The molecule has 0 radical (unpaired) electrons. The minimum Gasteiger partial charge on any atom is -0.338 e. The third-order valence-electron chi connectivity index (χ3n) is 3.34. The highest BCUT2D eigenvalue weighted by Gasteiger charge is 2.18. The molecule has 110 valence electrons. The summed E-state index contributed by atoms with van der Waals surface area (Å²) >= 11 is 0. The number of carbonyl (C=O) groups is 1. The molecule has 1 heterocycles. The molecular weight excluding hydrogens is 262 g/mol. The molecule has 4 heteroatoms. The highest BCUT2D eigenvalue weighted by molar-refractivity contribution is 5.81. The summed E-state index contributed by atoms with van der Waals surface area (Å²) in [5.41, 5.74) is 8.91. The Labute approximate surface area is 125 Å². The molecule has 21 heavy (non-hydrogen) atoms. The predicted molar refractivity (Wildman–Crippen MR) is 83.6 cm³/mol. The summed E-state index contributed by atoms with van der Waals surface area (Å²) < 4.78 is 0. The summed E-state index contributed by atoms with van der Waals surface area (Å²) in [7, 11) is 1.76. The van der Waals surface area contributed by atoms with Crippen molar-refractivity contribution < 1.29 is 4.79 Å². The Kier molecular flexibility index (Phi) is 5.06. The second-order valence-corrected chi connectivity index (χ2v) is 5.26. The van der Waals surface area contributed by atoms with Crippen LogP contribution in [0.15, 0.2) is 48.5 Å². The fourth-order valence-corrected chi connectivity index (χ4v) is 2.25. The van der Waals surface area contributed by atoms with E-state index in [2.05, 4.69) is 4.98 Å². The van der Waals surface area contributed by atoms with Crippen molar-refractivity contribution in [3.8, 4) is 0 Å². The van der Waals surface area contributed by atoms with Gasteiger partial charge >= 0.3 is 0 Å². The molecule has 1 aromatic carbocycles. The number of amides is 1. The number of nitrogens with two attached hydrogens (primary N) is 1. The largest absolute Gasteiger partial charge is 0.338 e. The maximum absolute atomic E-state index is 12.3. The van der Waals surface area contributed by atoms with Gasteiger partial charge in [-0.15, -0.1) is 0 Å². The van der Waals surface area contributed by atoms with Crippen molar-refractivity contribution in [1.82, 2.24) is 9.88 Å². The smallest absolute Gasteiger partial charge is 0.239 e. The van der Waals surface area contributed by atoms with Gasteiger partial charge < -0.3 is 10.6 Å². The van der Waals surface area contributed by atoms with Crippen molar-refractivity contribution in [1.29, 1.82) is 0 Å². The second kappa shape index (κ2) is 6.99. The van der Waals surface area contributed by atoms with Crippen LogP contribution < -0.4 is 5.73 Å². The minimum absolute atomic E-state index is 0.0674. The molecule has 0 bridgehead atoms. The number of likely N-dealkylation sites (N-methyl/N-ethyl adjacent to an activating group) is 1. The van der Waals surface area contributed by atoms with Gasteiger partial charge in [0.25, 0.3) is 0 Å². The number of aromatic nitrogens is 1. The second-order valence-electron chi connectivity index (χ2n) is 5.26. The normalized spacial score (nSPS) is 12.0. The molecule has 2 N–H and O–H groups in total. The van der Waals surface area contributed by atoms with E-state index in [1.807, 2.05) is 55.5 Å². The van der Waals surface area contributed by atoms with Crippen molar-refractivity contribution in [2.75, 3.05) is 7.05 Å². The van der Waals surface area contributed by atoms with Crippen molar-refractivity contribution in [3.05, 3.63) is 65.5 Å². The maximum atomic E-state index is 12.3. The van der Waals surface area contributed by atoms with E-state index >= 15 is 0 Å². The van der Waals surface area contributed by atoms with Crippen molar-refractivity contribution in [2.45, 2.75) is 25.9 Å². The van der Waals surface area contributed by atoms with E-state index in [9.17, 15) is 4.79 Å². The lowest BCUT2D eigenvalue weighted by molar-refractivity contribution is -0.131. The van der Waals surface area contributed by atoms with E-state index in [-0.39, 0.29) is 5.91 Å². The molecule has 1 unspecified atom stereocenters. The highest BCUT2D eigenvalue weighted by atomic mass is 16.2. The van der Waals surface area contributed by atoms with Crippen molar-refractivity contribution in [2.24, 2.45) is 5.73 Å². The van der Waals surface area contributed by atoms with Gasteiger partial charge in [-0.2, -0.15) is 0 Å². The molecular formula is C17H21N3O. The maximum Gasteiger partial charge on any atom is 0.239 e. The van der Waals surface area contributed by atoms with Crippen molar-refractivity contribution >= 4 is 5.91 Å². The van der Waals surface area contributed by atoms with Crippen LogP contribution in [0.4, 0.5) is 0 Å². The summed E-state index contributed by atoms with van der Waals surface area (Å²) in [5.74, 6) is -0.0674. The zero-order valence-electron chi connectivity index (χ0n) is 12.5. The number of carbonyl (C=O) groups excluding carboxylic acids is 1. The number of hydrogen-bond acceptors (Lipinski definition) is 3. The SMILES string of the molecule is Cc1cccc(CN(C)C(=O)C(N)Cc2ccccc2)n1. The number of nitrogens with zero attached hydrogens (tertiary/aromatic N) is 2. The molecule has 0 saturated heterocycles. The molecule has 0 spiro atoms. The lowest BCUT2D eigenvalue weighted by Gasteiger charge is -2.21. The van der Waals surface area contributed by atoms with E-state index in [1.165, 1.54) is 0 Å². The standard InChI is InChI=1S/C17H21N3O/c1-13-7-6-10-15(19-13)12-20(2)17(21)16(18)11-14-8-4-3-5-9-14/h3-10,16H,11-12,18H2,1-2H3. The van der Waals surface area contributed by atoms with E-state index in [0.29, 0.717) is 13.0 Å². The van der Waals surface area contributed by atoms with Crippen molar-refractivity contribution in [3.63, 3.8) is 0 Å². The lowest BCUT2D eigenvalue weighted by Crippen LogP contribution is -2.42. The summed E-state index contributed by atoms with van der Waals surface area (Å²) in [6.45, 7) is 2.41. The lowest BCUT2D eigenvalue weighted by atomic mass is 10.1. The zero-order valence-corrected chi connectivity index (χ0v) is 12.5. The van der Waals surface area contributed by atoms with Gasteiger partial charge in [0, 0.05) is 12.7 Å². The Morgan fingerprint density at radius 3 is 2.57 bits per heavy atom. The highest BCUT2D eigenvalue weighted by Crippen LogP contribution is 2.06. The molecule has 0 aliphatic heterocycles. The minimum atomic E-state index is -0.526. The van der Waals surface area contributed by atoms with Crippen LogP contribution in [0, 0.1) is 6.92 Å². The van der Waals surface area contributed by atoms with Gasteiger partial charge in [-0.3, -0.25) is 9.78 Å². The van der Waals surface area contributed by atoms with Crippen LogP contribution in [0.25, 0.3) is 0 Å². The number of benzene rings is 1. The Morgan fingerprint density at radius 1 is 1.19 bits per heavy atom. The topological polar surface area (TPSA) is 59.2 Å². The van der Waals surface area contributed by atoms with Gasteiger partial charge in [-0.1, -0.05) is 36.4 Å².